The van der Waals surface area contributed by atoms with Gasteiger partial charge in [0.1, 0.15) is 0 Å². The quantitative estimate of drug-likeness (QED) is 0.453. The zero-order valence-electron chi connectivity index (χ0n) is 6.11. The maximum absolute atomic E-state index is 10.1. The van der Waals surface area contributed by atoms with Crippen molar-refractivity contribution in [2.45, 2.75) is 0 Å². The summed E-state index contributed by atoms with van der Waals surface area (Å²) in [5, 5.41) is 0. The van der Waals surface area contributed by atoms with E-state index in [-0.39, 0.29) is 51.4 Å². The summed E-state index contributed by atoms with van der Waals surface area (Å²) < 4.78 is 22.3. The van der Waals surface area contributed by atoms with E-state index in [1.54, 1.807) is 24.3 Å². The minimum atomic E-state index is -2.22. The predicted octanol–water partition coefficient (Wildman–Crippen LogP) is -1.67. The van der Waals surface area contributed by atoms with Crippen molar-refractivity contribution < 1.29 is 59.8 Å². The number of benzene rings is 1. The largest absolute Gasteiger partial charge is 1.00 e. The zero-order chi connectivity index (χ0) is 7.40. The van der Waals surface area contributed by atoms with Gasteiger partial charge in [-0.05, 0) is 12.1 Å². The van der Waals surface area contributed by atoms with Crippen LogP contribution in [0.15, 0.2) is 30.3 Å². The van der Waals surface area contributed by atoms with E-state index in [9.17, 15) is 8.42 Å². The molecule has 0 bridgehead atoms. The second-order valence-corrected chi connectivity index (χ2v) is 2.38. The van der Waals surface area contributed by atoms with E-state index in [1.807, 2.05) is 6.07 Å². The van der Waals surface area contributed by atoms with E-state index in [4.69, 9.17) is 0 Å². The maximum atomic E-state index is 10.1. The fourth-order valence-electron chi connectivity index (χ4n) is 0.602. The third-order valence-electron chi connectivity index (χ3n) is 0.975. The van der Waals surface area contributed by atoms with Crippen LogP contribution in [0, 0.1) is 0 Å². The summed E-state index contributed by atoms with van der Waals surface area (Å²) in [4.78, 5) is 0. The summed E-state index contributed by atoms with van der Waals surface area (Å²) in [5.41, 5.74) is 0.579. The van der Waals surface area contributed by atoms with Crippen LogP contribution in [0.5, 0.6) is 0 Å². The Kier molecular flexibility index (Phi) is 6.50. The molecule has 1 aromatic rings. The molecule has 0 saturated heterocycles. The second kappa shape index (κ2) is 6.16. The number of para-hydroxylation sites is 1. The van der Waals surface area contributed by atoms with Crippen LogP contribution in [-0.2, 0) is 19.3 Å². The van der Waals surface area contributed by atoms with Gasteiger partial charge in [-0.1, -0.05) is 18.2 Å². The Bertz CT molecular complexity index is 265. The third kappa shape index (κ3) is 4.94. The van der Waals surface area contributed by atoms with Crippen molar-refractivity contribution in [3.8, 4) is 0 Å². The van der Waals surface area contributed by atoms with E-state index >= 15 is 0 Å². The van der Waals surface area contributed by atoms with Crippen LogP contribution >= 0.6 is 0 Å². The molecule has 0 radical (unpaired) electrons. The maximum Gasteiger partial charge on any atom is 1.00 e. The Labute approximate surface area is 110 Å². The van der Waals surface area contributed by atoms with Gasteiger partial charge in [0.15, 0.2) is 0 Å². The van der Waals surface area contributed by atoms with E-state index < -0.39 is 10.9 Å². The molecule has 0 aromatic heterocycles. The van der Waals surface area contributed by atoms with E-state index in [2.05, 4.69) is 4.72 Å². The molecule has 5 heteroatoms. The summed E-state index contributed by atoms with van der Waals surface area (Å²) >= 11 is 0. The molecule has 0 aliphatic rings. The Balaban J connectivity index is 0.000001000. The molecular formula is C6H6KNO2S. The molecule has 1 N–H and O–H groups in total. The molecule has 54 valence electrons. The van der Waals surface area contributed by atoms with Gasteiger partial charge in [0.05, 0.1) is 0 Å². The Morgan fingerprint density at radius 1 is 1.09 bits per heavy atom. The van der Waals surface area contributed by atoms with Gasteiger partial charge < -0.3 is 13.1 Å². The van der Waals surface area contributed by atoms with E-state index in [0.29, 0.717) is 5.69 Å². The molecule has 11 heavy (non-hydrogen) atoms. The SMILES string of the molecule is O=[S-](=O)Nc1ccccc1.[K+]. The molecule has 0 aliphatic carbocycles. The molecule has 0 atom stereocenters. The number of hydrogen-bond acceptors (Lipinski definition) is 3. The van der Waals surface area contributed by atoms with Crippen LogP contribution in [0.25, 0.3) is 0 Å². The third-order valence-corrected chi connectivity index (χ3v) is 1.38. The molecule has 0 heterocycles. The van der Waals surface area contributed by atoms with Gasteiger partial charge in [-0.3, -0.25) is 0 Å². The van der Waals surface area contributed by atoms with Crippen LogP contribution in [0.4, 0.5) is 5.69 Å². The minimum Gasteiger partial charge on any atom is -0.420 e. The number of nitrogens with one attached hydrogen (secondary N) is 1. The molecule has 0 unspecified atom stereocenters. The number of rotatable bonds is 2. The monoisotopic (exact) mass is 195 g/mol. The molecule has 0 amide bonds. The first-order chi connectivity index (χ1) is 4.79. The summed E-state index contributed by atoms with van der Waals surface area (Å²) in [6.45, 7) is 0. The first kappa shape index (κ1) is 11.6. The molecule has 1 aromatic carbocycles. The predicted molar refractivity (Wildman–Crippen MR) is 38.8 cm³/mol. The molecule has 0 saturated carbocycles. The first-order valence-corrected chi connectivity index (χ1v) is 3.77. The van der Waals surface area contributed by atoms with Crippen molar-refractivity contribution in [3.63, 3.8) is 0 Å². The van der Waals surface area contributed by atoms with Gasteiger partial charge in [-0.15, -0.1) is 0 Å². The molecule has 0 fully saturated rings. The van der Waals surface area contributed by atoms with Crippen molar-refractivity contribution >= 4 is 16.6 Å². The van der Waals surface area contributed by atoms with Crippen LogP contribution in [0.3, 0.4) is 0 Å². The van der Waals surface area contributed by atoms with Crippen molar-refractivity contribution in [1.82, 2.24) is 0 Å². The average molecular weight is 195 g/mol. The van der Waals surface area contributed by atoms with Gasteiger partial charge in [0.2, 0.25) is 0 Å². The molecule has 3 nitrogen and oxygen atoms in total. The van der Waals surface area contributed by atoms with Crippen LogP contribution in [-0.4, -0.2) is 0 Å². The number of hydrogen-bond donors (Lipinski definition) is 1. The van der Waals surface area contributed by atoms with E-state index in [0.717, 1.165) is 0 Å². The van der Waals surface area contributed by atoms with Gasteiger partial charge in [-0.2, -0.15) is 0 Å². The Hall–Kier alpha value is 0.606. The van der Waals surface area contributed by atoms with Gasteiger partial charge in [0.25, 0.3) is 0 Å². The summed E-state index contributed by atoms with van der Waals surface area (Å²) in [6, 6.07) is 8.69. The topological polar surface area (TPSA) is 46.2 Å². The van der Waals surface area contributed by atoms with E-state index in [1.165, 1.54) is 0 Å². The molecule has 1 rings (SSSR count). The Morgan fingerprint density at radius 3 is 2.09 bits per heavy atom. The molecular weight excluding hydrogens is 189 g/mol. The summed E-state index contributed by atoms with van der Waals surface area (Å²) in [7, 11) is -2.22. The molecule has 0 aliphatic heterocycles. The molecule has 0 spiro atoms. The van der Waals surface area contributed by atoms with Crippen LogP contribution < -0.4 is 56.1 Å². The van der Waals surface area contributed by atoms with Crippen molar-refractivity contribution in [3.05, 3.63) is 30.3 Å². The van der Waals surface area contributed by atoms with Gasteiger partial charge >= 0.3 is 51.4 Å². The average Bonchev–Trinajstić information content (AvgIpc) is 1.88. The zero-order valence-corrected chi connectivity index (χ0v) is 10.1. The van der Waals surface area contributed by atoms with Crippen molar-refractivity contribution in [1.29, 1.82) is 0 Å². The van der Waals surface area contributed by atoms with Gasteiger partial charge in [-0.25, -0.2) is 0 Å². The minimum absolute atomic E-state index is 0. The smallest absolute Gasteiger partial charge is 0.420 e. The van der Waals surface area contributed by atoms with Gasteiger partial charge in [0, 0.05) is 16.6 Å². The first-order valence-electron chi connectivity index (χ1n) is 2.70. The normalized spacial score (nSPS) is 8.82. The van der Waals surface area contributed by atoms with Crippen molar-refractivity contribution in [2.24, 2.45) is 0 Å². The fraction of sp³-hybridized carbons (Fsp3) is 0. The summed E-state index contributed by atoms with van der Waals surface area (Å²) in [6.07, 6.45) is 0. The van der Waals surface area contributed by atoms with Crippen LogP contribution in [0.2, 0.25) is 0 Å². The number of anilines is 1. The Morgan fingerprint density at radius 2 is 1.64 bits per heavy atom. The fourth-order valence-corrected chi connectivity index (χ4v) is 0.931. The van der Waals surface area contributed by atoms with Crippen molar-refractivity contribution in [2.75, 3.05) is 4.72 Å². The second-order valence-electron chi connectivity index (χ2n) is 1.70. The summed E-state index contributed by atoms with van der Waals surface area (Å²) in [5.74, 6) is 0. The standard InChI is InChI=1S/C6H6NO2S.K/c8-10(9)7-6-4-2-1-3-5-6;/h1-5H,(H,7,8,9);/q-1;+1. The van der Waals surface area contributed by atoms with Crippen LogP contribution in [0.1, 0.15) is 0 Å².